The second-order valence-corrected chi connectivity index (χ2v) is 4.12. The van der Waals surface area contributed by atoms with Crippen LogP contribution in [0.5, 0.6) is 5.75 Å². The number of nitrogen functional groups attached to an aromatic ring is 1. The van der Waals surface area contributed by atoms with Crippen LogP contribution in [0, 0.1) is 13.8 Å². The summed E-state index contributed by atoms with van der Waals surface area (Å²) in [5, 5.41) is 9.94. The van der Waals surface area contributed by atoms with E-state index in [1.807, 2.05) is 44.2 Å². The van der Waals surface area contributed by atoms with E-state index in [1.165, 1.54) is 0 Å². The minimum Gasteiger partial charge on any atom is -0.505 e. The quantitative estimate of drug-likeness (QED) is 0.564. The van der Waals surface area contributed by atoms with Gasteiger partial charge in [0.2, 0.25) is 0 Å². The molecule has 2 nitrogen and oxygen atoms in total. The number of benzene rings is 2. The maximum Gasteiger partial charge on any atom is 0.146 e. The van der Waals surface area contributed by atoms with Crippen molar-refractivity contribution >= 4 is 5.69 Å². The number of phenols is 1. The Kier molecular flexibility index (Phi) is 2.57. The van der Waals surface area contributed by atoms with E-state index in [-0.39, 0.29) is 5.75 Å². The largest absolute Gasteiger partial charge is 0.505 e. The molecular weight excluding hydrogens is 198 g/mol. The third kappa shape index (κ3) is 1.87. The molecule has 0 aliphatic rings. The smallest absolute Gasteiger partial charge is 0.146 e. The van der Waals surface area contributed by atoms with Gasteiger partial charge in [-0.25, -0.2) is 0 Å². The van der Waals surface area contributed by atoms with Crippen LogP contribution in [0.1, 0.15) is 11.1 Å². The highest BCUT2D eigenvalue weighted by Crippen LogP contribution is 2.35. The van der Waals surface area contributed by atoms with Crippen molar-refractivity contribution in [3.8, 4) is 16.9 Å². The van der Waals surface area contributed by atoms with Gasteiger partial charge in [-0.2, -0.15) is 0 Å². The fourth-order valence-electron chi connectivity index (χ4n) is 1.84. The molecule has 0 spiro atoms. The number of rotatable bonds is 1. The Balaban J connectivity index is 2.64. The van der Waals surface area contributed by atoms with Gasteiger partial charge in [-0.15, -0.1) is 0 Å². The lowest BCUT2D eigenvalue weighted by Gasteiger charge is -2.09. The number of aromatic hydroxyl groups is 1. The minimum absolute atomic E-state index is 0.163. The van der Waals surface area contributed by atoms with Crippen LogP contribution in [0.15, 0.2) is 36.4 Å². The second-order valence-electron chi connectivity index (χ2n) is 4.12. The summed E-state index contributed by atoms with van der Waals surface area (Å²) in [5.74, 6) is 0.163. The van der Waals surface area contributed by atoms with Crippen molar-refractivity contribution in [2.75, 3.05) is 5.73 Å². The molecule has 0 saturated heterocycles. The molecule has 0 aliphatic heterocycles. The van der Waals surface area contributed by atoms with Gasteiger partial charge in [-0.1, -0.05) is 29.8 Å². The monoisotopic (exact) mass is 213 g/mol. The number of anilines is 1. The van der Waals surface area contributed by atoms with E-state index < -0.39 is 0 Å². The molecule has 0 bridgehead atoms. The van der Waals surface area contributed by atoms with Crippen LogP contribution in [0.2, 0.25) is 0 Å². The summed E-state index contributed by atoms with van der Waals surface area (Å²) in [6, 6.07) is 11.7. The molecule has 0 aliphatic carbocycles. The van der Waals surface area contributed by atoms with E-state index in [2.05, 4.69) is 0 Å². The molecule has 0 unspecified atom stereocenters. The number of nitrogens with two attached hydrogens (primary N) is 1. The fourth-order valence-corrected chi connectivity index (χ4v) is 1.84. The van der Waals surface area contributed by atoms with Gasteiger partial charge >= 0.3 is 0 Å². The summed E-state index contributed by atoms with van der Waals surface area (Å²) in [6.45, 7) is 3.99. The summed E-state index contributed by atoms with van der Waals surface area (Å²) >= 11 is 0. The lowest BCUT2D eigenvalue weighted by atomic mass is 10.00. The molecule has 3 N–H and O–H groups in total. The average molecular weight is 213 g/mol. The van der Waals surface area contributed by atoms with Crippen molar-refractivity contribution in [2.45, 2.75) is 13.8 Å². The molecule has 2 heteroatoms. The first kappa shape index (κ1) is 10.6. The average Bonchev–Trinajstić information content (AvgIpc) is 2.23. The molecule has 0 fully saturated rings. The minimum atomic E-state index is 0.163. The van der Waals surface area contributed by atoms with Gasteiger partial charge in [-0.3, -0.25) is 0 Å². The first-order valence-corrected chi connectivity index (χ1v) is 5.24. The van der Waals surface area contributed by atoms with Crippen molar-refractivity contribution in [1.29, 1.82) is 0 Å². The topological polar surface area (TPSA) is 46.2 Å². The van der Waals surface area contributed by atoms with Crippen LogP contribution in [-0.2, 0) is 0 Å². The number of hydrogen-bond acceptors (Lipinski definition) is 2. The fraction of sp³-hybridized carbons (Fsp3) is 0.143. The first-order valence-electron chi connectivity index (χ1n) is 5.24. The first-order chi connectivity index (χ1) is 7.58. The predicted molar refractivity (Wildman–Crippen MR) is 67.4 cm³/mol. The summed E-state index contributed by atoms with van der Waals surface area (Å²) in [7, 11) is 0. The predicted octanol–water partition coefficient (Wildman–Crippen LogP) is 3.26. The molecular formula is C14H15NO. The summed E-state index contributed by atoms with van der Waals surface area (Å²) < 4.78 is 0. The zero-order valence-corrected chi connectivity index (χ0v) is 9.49. The van der Waals surface area contributed by atoms with Crippen LogP contribution in [0.25, 0.3) is 11.1 Å². The molecule has 82 valence electrons. The van der Waals surface area contributed by atoms with Crippen LogP contribution in [0.4, 0.5) is 5.69 Å². The maximum absolute atomic E-state index is 9.94. The van der Waals surface area contributed by atoms with Crippen molar-refractivity contribution < 1.29 is 5.11 Å². The van der Waals surface area contributed by atoms with Crippen LogP contribution >= 0.6 is 0 Å². The zero-order valence-electron chi connectivity index (χ0n) is 9.49. The highest BCUT2D eigenvalue weighted by atomic mass is 16.3. The van der Waals surface area contributed by atoms with Gasteiger partial charge in [-0.05, 0) is 37.1 Å². The summed E-state index contributed by atoms with van der Waals surface area (Å²) in [5.41, 5.74) is 10.2. The molecule has 0 aromatic heterocycles. The van der Waals surface area contributed by atoms with E-state index in [1.54, 1.807) is 6.07 Å². The van der Waals surface area contributed by atoms with Crippen molar-refractivity contribution in [2.24, 2.45) is 0 Å². The highest BCUT2D eigenvalue weighted by molar-refractivity contribution is 5.77. The Bertz CT molecular complexity index is 532. The molecule has 2 rings (SSSR count). The van der Waals surface area contributed by atoms with Crippen molar-refractivity contribution in [1.82, 2.24) is 0 Å². The second kappa shape index (κ2) is 3.89. The van der Waals surface area contributed by atoms with E-state index in [9.17, 15) is 5.11 Å². The molecule has 0 amide bonds. The molecule has 2 aromatic rings. The lowest BCUT2D eigenvalue weighted by molar-refractivity contribution is 0.480. The van der Waals surface area contributed by atoms with Crippen molar-refractivity contribution in [3.63, 3.8) is 0 Å². The molecule has 2 aromatic carbocycles. The third-order valence-corrected chi connectivity index (χ3v) is 2.61. The Hall–Kier alpha value is -1.96. The van der Waals surface area contributed by atoms with Crippen LogP contribution in [-0.4, -0.2) is 5.11 Å². The van der Waals surface area contributed by atoms with Gasteiger partial charge in [0.05, 0.1) is 5.69 Å². The van der Waals surface area contributed by atoms with Crippen LogP contribution < -0.4 is 5.73 Å². The standard InChI is InChI=1S/C14H15NO/c1-9-4-3-5-11(6-9)12-7-10(2)8-13(15)14(12)16/h3-8,16H,15H2,1-2H3. The summed E-state index contributed by atoms with van der Waals surface area (Å²) in [4.78, 5) is 0. The Morgan fingerprint density at radius 3 is 2.44 bits per heavy atom. The van der Waals surface area contributed by atoms with E-state index >= 15 is 0 Å². The molecule has 0 heterocycles. The van der Waals surface area contributed by atoms with Crippen LogP contribution in [0.3, 0.4) is 0 Å². The third-order valence-electron chi connectivity index (χ3n) is 2.61. The Labute approximate surface area is 95.4 Å². The molecule has 0 radical (unpaired) electrons. The van der Waals surface area contributed by atoms with Gasteiger partial charge < -0.3 is 10.8 Å². The molecule has 0 atom stereocenters. The zero-order chi connectivity index (χ0) is 11.7. The molecule has 16 heavy (non-hydrogen) atoms. The van der Waals surface area contributed by atoms with E-state index in [4.69, 9.17) is 5.73 Å². The SMILES string of the molecule is Cc1cccc(-c2cc(C)cc(N)c2O)c1. The number of aryl methyl sites for hydroxylation is 2. The van der Waals surface area contributed by atoms with Crippen molar-refractivity contribution in [3.05, 3.63) is 47.5 Å². The highest BCUT2D eigenvalue weighted by Gasteiger charge is 2.08. The number of hydrogen-bond donors (Lipinski definition) is 2. The van der Waals surface area contributed by atoms with E-state index in [0.29, 0.717) is 5.69 Å². The normalized spacial score (nSPS) is 10.4. The maximum atomic E-state index is 9.94. The Morgan fingerprint density at radius 2 is 1.75 bits per heavy atom. The van der Waals surface area contributed by atoms with Gasteiger partial charge in [0, 0.05) is 5.56 Å². The van der Waals surface area contributed by atoms with Gasteiger partial charge in [0.25, 0.3) is 0 Å². The lowest BCUT2D eigenvalue weighted by Crippen LogP contribution is -1.90. The molecule has 0 saturated carbocycles. The Morgan fingerprint density at radius 1 is 1.00 bits per heavy atom. The number of phenolic OH excluding ortho intramolecular Hbond substituents is 1. The van der Waals surface area contributed by atoms with Gasteiger partial charge in [0.15, 0.2) is 0 Å². The van der Waals surface area contributed by atoms with Gasteiger partial charge in [0.1, 0.15) is 5.75 Å². The van der Waals surface area contributed by atoms with E-state index in [0.717, 1.165) is 22.3 Å². The summed E-state index contributed by atoms with van der Waals surface area (Å²) in [6.07, 6.45) is 0.